The molecular formula is C14H11F3N. The zero-order valence-corrected chi connectivity index (χ0v) is 9.46. The molecule has 0 aliphatic carbocycles. The number of nitrogens with one attached hydrogen (secondary N) is 1. The van der Waals surface area contributed by atoms with Crippen molar-refractivity contribution in [2.75, 3.05) is 0 Å². The second kappa shape index (κ2) is 5.69. The summed E-state index contributed by atoms with van der Waals surface area (Å²) >= 11 is 0. The van der Waals surface area contributed by atoms with Gasteiger partial charge in [0.25, 0.3) is 0 Å². The molecule has 0 unspecified atom stereocenters. The second-order valence-electron chi connectivity index (χ2n) is 3.81. The second-order valence-corrected chi connectivity index (χ2v) is 3.81. The first-order valence-corrected chi connectivity index (χ1v) is 5.42. The Morgan fingerprint density at radius 2 is 1.56 bits per heavy atom. The van der Waals surface area contributed by atoms with Gasteiger partial charge in [0, 0.05) is 6.54 Å². The molecule has 0 spiro atoms. The van der Waals surface area contributed by atoms with E-state index in [1.165, 1.54) is 0 Å². The predicted molar refractivity (Wildman–Crippen MR) is 63.0 cm³/mol. The fourth-order valence-corrected chi connectivity index (χ4v) is 1.55. The largest absolute Gasteiger partial charge is 0.304 e. The normalized spacial score (nSPS) is 10.6. The van der Waals surface area contributed by atoms with E-state index in [0.717, 1.165) is 17.7 Å². The van der Waals surface area contributed by atoms with Crippen molar-refractivity contribution in [3.63, 3.8) is 0 Å². The van der Waals surface area contributed by atoms with Crippen LogP contribution in [0.15, 0.2) is 42.5 Å². The van der Waals surface area contributed by atoms with Crippen molar-refractivity contribution in [3.05, 3.63) is 77.6 Å². The molecule has 0 saturated carbocycles. The maximum absolute atomic E-state index is 12.9. The van der Waals surface area contributed by atoms with Gasteiger partial charge >= 0.3 is 0 Å². The zero-order chi connectivity index (χ0) is 13.0. The highest BCUT2D eigenvalue weighted by Crippen LogP contribution is 2.13. The lowest BCUT2D eigenvalue weighted by atomic mass is 10.2. The third-order valence-corrected chi connectivity index (χ3v) is 2.42. The lowest BCUT2D eigenvalue weighted by Gasteiger charge is -2.05. The van der Waals surface area contributed by atoms with Gasteiger partial charge in [0.15, 0.2) is 17.5 Å². The number of hydrogen-bond donors (Lipinski definition) is 1. The summed E-state index contributed by atoms with van der Waals surface area (Å²) in [5.41, 5.74) is 1.29. The Bertz CT molecular complexity index is 503. The first-order valence-electron chi connectivity index (χ1n) is 5.42. The van der Waals surface area contributed by atoms with Crippen LogP contribution in [0.3, 0.4) is 0 Å². The first kappa shape index (κ1) is 12.6. The van der Waals surface area contributed by atoms with E-state index in [0.29, 0.717) is 5.56 Å². The minimum absolute atomic E-state index is 0.225. The highest BCUT2D eigenvalue weighted by Gasteiger charge is 2.09. The number of halogens is 3. The zero-order valence-electron chi connectivity index (χ0n) is 9.46. The highest BCUT2D eigenvalue weighted by molar-refractivity contribution is 5.23. The third kappa shape index (κ3) is 3.11. The van der Waals surface area contributed by atoms with Gasteiger partial charge in [-0.1, -0.05) is 30.3 Å². The Labute approximate surface area is 103 Å². The Kier molecular flexibility index (Phi) is 3.99. The number of benzene rings is 2. The van der Waals surface area contributed by atoms with E-state index < -0.39 is 17.5 Å². The van der Waals surface area contributed by atoms with Crippen molar-refractivity contribution in [1.29, 1.82) is 0 Å². The average Bonchev–Trinajstić information content (AvgIpc) is 2.37. The Balaban J connectivity index is 1.95. The van der Waals surface area contributed by atoms with Crippen molar-refractivity contribution in [1.82, 2.24) is 5.32 Å². The van der Waals surface area contributed by atoms with Crippen LogP contribution in [0.2, 0.25) is 0 Å². The third-order valence-electron chi connectivity index (χ3n) is 2.42. The molecular weight excluding hydrogens is 239 g/mol. The van der Waals surface area contributed by atoms with E-state index in [1.807, 2.05) is 30.3 Å². The highest BCUT2D eigenvalue weighted by atomic mass is 19.2. The Hall–Kier alpha value is -1.81. The summed E-state index contributed by atoms with van der Waals surface area (Å²) in [7, 11) is 0. The van der Waals surface area contributed by atoms with Crippen molar-refractivity contribution >= 4 is 0 Å². The summed E-state index contributed by atoms with van der Waals surface area (Å²) in [6.45, 7) is 1.95. The molecule has 2 aromatic carbocycles. The molecule has 0 aliphatic heterocycles. The van der Waals surface area contributed by atoms with Gasteiger partial charge in [-0.2, -0.15) is 0 Å². The van der Waals surface area contributed by atoms with Crippen LogP contribution < -0.4 is 5.32 Å². The van der Waals surface area contributed by atoms with E-state index in [-0.39, 0.29) is 6.54 Å². The summed E-state index contributed by atoms with van der Waals surface area (Å²) in [5, 5.41) is 2.91. The summed E-state index contributed by atoms with van der Waals surface area (Å²) in [6, 6.07) is 11.4. The van der Waals surface area contributed by atoms with Crippen molar-refractivity contribution < 1.29 is 13.2 Å². The molecule has 0 atom stereocenters. The van der Waals surface area contributed by atoms with Gasteiger partial charge in [-0.15, -0.1) is 0 Å². The topological polar surface area (TPSA) is 12.0 Å². The molecule has 0 fully saturated rings. The van der Waals surface area contributed by atoms with Gasteiger partial charge in [0.1, 0.15) is 0 Å². The van der Waals surface area contributed by atoms with Crippen LogP contribution in [0, 0.1) is 24.0 Å². The molecule has 93 valence electrons. The van der Waals surface area contributed by atoms with Gasteiger partial charge in [-0.25, -0.2) is 13.2 Å². The van der Waals surface area contributed by atoms with Crippen LogP contribution in [0.4, 0.5) is 13.2 Å². The molecule has 2 rings (SSSR count). The van der Waals surface area contributed by atoms with Crippen LogP contribution in [0.1, 0.15) is 11.1 Å². The number of rotatable bonds is 4. The fraction of sp³-hybridized carbons (Fsp3) is 0.0714. The van der Waals surface area contributed by atoms with E-state index >= 15 is 0 Å². The summed E-state index contributed by atoms with van der Waals surface area (Å²) < 4.78 is 38.6. The van der Waals surface area contributed by atoms with E-state index in [2.05, 4.69) is 5.32 Å². The lowest BCUT2D eigenvalue weighted by Crippen LogP contribution is -2.11. The summed E-state index contributed by atoms with van der Waals surface area (Å²) in [5.74, 6) is -3.79. The smallest absolute Gasteiger partial charge is 0.194 e. The van der Waals surface area contributed by atoms with Crippen LogP contribution in [0.5, 0.6) is 0 Å². The minimum Gasteiger partial charge on any atom is -0.304 e. The Morgan fingerprint density at radius 1 is 0.944 bits per heavy atom. The maximum Gasteiger partial charge on any atom is 0.194 e. The van der Waals surface area contributed by atoms with Crippen LogP contribution in [-0.2, 0) is 6.54 Å². The van der Waals surface area contributed by atoms with Gasteiger partial charge in [0.05, 0.1) is 6.54 Å². The maximum atomic E-state index is 12.9. The summed E-state index contributed by atoms with van der Waals surface area (Å²) in [6.07, 6.45) is 0. The number of hydrogen-bond acceptors (Lipinski definition) is 1. The van der Waals surface area contributed by atoms with Crippen LogP contribution in [-0.4, -0.2) is 0 Å². The molecule has 0 aromatic heterocycles. The molecule has 1 radical (unpaired) electrons. The molecule has 4 heteroatoms. The Morgan fingerprint density at radius 3 is 2.17 bits per heavy atom. The van der Waals surface area contributed by atoms with Crippen LogP contribution in [0.25, 0.3) is 0 Å². The molecule has 0 aliphatic rings. The van der Waals surface area contributed by atoms with Crippen LogP contribution >= 0.6 is 0 Å². The summed E-state index contributed by atoms with van der Waals surface area (Å²) in [4.78, 5) is 0. The van der Waals surface area contributed by atoms with Gasteiger partial charge in [-0.05, 0) is 23.3 Å². The molecule has 18 heavy (non-hydrogen) atoms. The first-order chi connectivity index (χ1) is 8.66. The molecule has 1 N–H and O–H groups in total. The standard InChI is InChI=1S/C14H11F3N/c15-12-6-11(7-13(16)14(12)17)9-18-8-10-4-2-1-3-5-10/h1-8,18H,9H2. The van der Waals surface area contributed by atoms with E-state index in [9.17, 15) is 13.2 Å². The SMILES string of the molecule is Fc1cc(CN[CH]c2ccccc2)cc(F)c1F. The quantitative estimate of drug-likeness (QED) is 0.820. The van der Waals surface area contributed by atoms with Crippen molar-refractivity contribution in [2.24, 2.45) is 0 Å². The molecule has 2 aromatic rings. The average molecular weight is 250 g/mol. The van der Waals surface area contributed by atoms with E-state index in [1.54, 1.807) is 6.54 Å². The van der Waals surface area contributed by atoms with Gasteiger partial charge < -0.3 is 5.32 Å². The van der Waals surface area contributed by atoms with E-state index in [4.69, 9.17) is 0 Å². The molecule has 0 amide bonds. The fourth-order valence-electron chi connectivity index (χ4n) is 1.55. The van der Waals surface area contributed by atoms with Crippen molar-refractivity contribution in [3.8, 4) is 0 Å². The predicted octanol–water partition coefficient (Wildman–Crippen LogP) is 3.40. The lowest BCUT2D eigenvalue weighted by molar-refractivity contribution is 0.445. The van der Waals surface area contributed by atoms with Gasteiger partial charge in [0.2, 0.25) is 0 Å². The molecule has 1 nitrogen and oxygen atoms in total. The molecule has 0 saturated heterocycles. The minimum atomic E-state index is -1.44. The molecule has 0 heterocycles. The molecule has 0 bridgehead atoms. The van der Waals surface area contributed by atoms with Crippen molar-refractivity contribution in [2.45, 2.75) is 6.54 Å². The van der Waals surface area contributed by atoms with Gasteiger partial charge in [-0.3, -0.25) is 0 Å². The monoisotopic (exact) mass is 250 g/mol.